The lowest BCUT2D eigenvalue weighted by molar-refractivity contribution is 0.559. The fourth-order valence-corrected chi connectivity index (χ4v) is 2.81. The molecule has 4 nitrogen and oxygen atoms in total. The van der Waals surface area contributed by atoms with Crippen LogP contribution in [0.4, 0.5) is 0 Å². The van der Waals surface area contributed by atoms with Crippen LogP contribution in [0.3, 0.4) is 0 Å². The van der Waals surface area contributed by atoms with Crippen molar-refractivity contribution >= 4 is 34.7 Å². The maximum atomic E-state index is 13.0. The number of hydrogen-bond donors (Lipinski definition) is 0. The van der Waals surface area contributed by atoms with Crippen LogP contribution in [0, 0.1) is 0 Å². The van der Waals surface area contributed by atoms with Gasteiger partial charge in [0.15, 0.2) is 5.22 Å². The van der Waals surface area contributed by atoms with E-state index in [4.69, 9.17) is 16.0 Å². The molecule has 5 heteroatoms. The van der Waals surface area contributed by atoms with Crippen LogP contribution in [0.5, 0.6) is 0 Å². The summed E-state index contributed by atoms with van der Waals surface area (Å²) in [5.41, 5.74) is 1.29. The maximum absolute atomic E-state index is 13.0. The standard InChI is InChI=1S/C20H13ClN2O2/c21-18-12-10-15(25-18)11-13-19-22-17-9-5-4-8-16(17)20(24)23(19)14-6-2-1-3-7-14/h1-13H/b13-11+. The minimum atomic E-state index is -0.117. The number of hydrogen-bond acceptors (Lipinski definition) is 3. The Labute approximate surface area is 148 Å². The van der Waals surface area contributed by atoms with Crippen molar-refractivity contribution in [1.29, 1.82) is 0 Å². The summed E-state index contributed by atoms with van der Waals surface area (Å²) in [4.78, 5) is 17.6. The van der Waals surface area contributed by atoms with Crippen molar-refractivity contribution in [3.8, 4) is 5.69 Å². The van der Waals surface area contributed by atoms with E-state index in [9.17, 15) is 4.79 Å². The zero-order chi connectivity index (χ0) is 17.2. The van der Waals surface area contributed by atoms with Crippen LogP contribution in [0.15, 0.2) is 75.9 Å². The minimum Gasteiger partial charge on any atom is -0.445 e. The van der Waals surface area contributed by atoms with Gasteiger partial charge in [0.1, 0.15) is 11.6 Å². The monoisotopic (exact) mass is 348 g/mol. The van der Waals surface area contributed by atoms with Crippen LogP contribution in [-0.2, 0) is 0 Å². The lowest BCUT2D eigenvalue weighted by Crippen LogP contribution is -2.22. The molecule has 0 bridgehead atoms. The third kappa shape index (κ3) is 2.99. The number of nitrogens with zero attached hydrogens (tertiary/aromatic N) is 2. The zero-order valence-corrected chi connectivity index (χ0v) is 13.9. The number of para-hydroxylation sites is 2. The Morgan fingerprint density at radius 3 is 2.44 bits per heavy atom. The van der Waals surface area contributed by atoms with Gasteiger partial charge in [0.05, 0.1) is 16.6 Å². The second-order valence-corrected chi connectivity index (χ2v) is 5.81. The Bertz CT molecular complexity index is 1130. The Kier molecular flexibility index (Phi) is 3.96. The van der Waals surface area contributed by atoms with E-state index in [0.29, 0.717) is 27.7 Å². The first-order valence-electron chi connectivity index (χ1n) is 7.73. The summed E-state index contributed by atoms with van der Waals surface area (Å²) in [5.74, 6) is 1.11. The van der Waals surface area contributed by atoms with Crippen molar-refractivity contribution < 1.29 is 4.42 Å². The first kappa shape index (κ1) is 15.4. The molecule has 2 aromatic carbocycles. The number of fused-ring (bicyclic) bond motifs is 1. The molecule has 0 N–H and O–H groups in total. The molecule has 0 aliphatic carbocycles. The number of furan rings is 1. The van der Waals surface area contributed by atoms with Gasteiger partial charge in [-0.15, -0.1) is 0 Å². The smallest absolute Gasteiger partial charge is 0.266 e. The van der Waals surface area contributed by atoms with Crippen LogP contribution in [0.2, 0.25) is 5.22 Å². The van der Waals surface area contributed by atoms with Gasteiger partial charge in [-0.2, -0.15) is 0 Å². The van der Waals surface area contributed by atoms with Gasteiger partial charge in [-0.3, -0.25) is 9.36 Å². The number of aromatic nitrogens is 2. The molecule has 25 heavy (non-hydrogen) atoms. The molecule has 0 saturated carbocycles. The predicted molar refractivity (Wildman–Crippen MR) is 100.0 cm³/mol. The van der Waals surface area contributed by atoms with E-state index in [-0.39, 0.29) is 5.56 Å². The highest BCUT2D eigenvalue weighted by molar-refractivity contribution is 6.28. The van der Waals surface area contributed by atoms with Crippen molar-refractivity contribution in [1.82, 2.24) is 9.55 Å². The molecule has 0 aliphatic rings. The molecule has 0 saturated heterocycles. The first-order chi connectivity index (χ1) is 12.2. The highest BCUT2D eigenvalue weighted by Crippen LogP contribution is 2.17. The second-order valence-electron chi connectivity index (χ2n) is 5.44. The number of halogens is 1. The zero-order valence-electron chi connectivity index (χ0n) is 13.1. The molecule has 0 fully saturated rings. The molecule has 0 amide bonds. The number of rotatable bonds is 3. The van der Waals surface area contributed by atoms with Crippen LogP contribution in [0.25, 0.3) is 28.7 Å². The predicted octanol–water partition coefficient (Wildman–Crippen LogP) is 4.80. The SMILES string of the molecule is O=c1c2ccccc2nc(/C=C/c2ccc(Cl)o2)n1-c1ccccc1. The highest BCUT2D eigenvalue weighted by atomic mass is 35.5. The molecule has 0 radical (unpaired) electrons. The van der Waals surface area contributed by atoms with Crippen molar-refractivity contribution in [3.63, 3.8) is 0 Å². The fourth-order valence-electron chi connectivity index (χ4n) is 2.66. The summed E-state index contributed by atoms with van der Waals surface area (Å²) >= 11 is 5.80. The van der Waals surface area contributed by atoms with E-state index < -0.39 is 0 Å². The van der Waals surface area contributed by atoms with Crippen LogP contribution < -0.4 is 5.56 Å². The summed E-state index contributed by atoms with van der Waals surface area (Å²) in [6.07, 6.45) is 3.48. The topological polar surface area (TPSA) is 48.0 Å². The lowest BCUT2D eigenvalue weighted by atomic mass is 10.2. The van der Waals surface area contributed by atoms with Crippen molar-refractivity contribution in [2.75, 3.05) is 0 Å². The first-order valence-corrected chi connectivity index (χ1v) is 8.11. The quantitative estimate of drug-likeness (QED) is 0.534. The third-order valence-electron chi connectivity index (χ3n) is 3.81. The molecule has 0 aliphatic heterocycles. The summed E-state index contributed by atoms with van der Waals surface area (Å²) in [6.45, 7) is 0. The summed E-state index contributed by atoms with van der Waals surface area (Å²) in [7, 11) is 0. The van der Waals surface area contributed by atoms with E-state index in [1.165, 1.54) is 0 Å². The fraction of sp³-hybridized carbons (Fsp3) is 0. The van der Waals surface area contributed by atoms with Crippen molar-refractivity contribution in [2.45, 2.75) is 0 Å². The maximum Gasteiger partial charge on any atom is 0.266 e. The summed E-state index contributed by atoms with van der Waals surface area (Å²) in [5, 5.41) is 0.885. The van der Waals surface area contributed by atoms with Gasteiger partial charge in [0.2, 0.25) is 0 Å². The van der Waals surface area contributed by atoms with E-state index in [1.807, 2.05) is 48.5 Å². The van der Waals surface area contributed by atoms with Crippen molar-refractivity contribution in [3.05, 3.63) is 93.9 Å². The molecule has 0 spiro atoms. The minimum absolute atomic E-state index is 0.117. The second kappa shape index (κ2) is 6.42. The molecule has 4 rings (SSSR count). The average Bonchev–Trinajstić information content (AvgIpc) is 3.06. The molecule has 4 aromatic rings. The summed E-state index contributed by atoms with van der Waals surface area (Å²) < 4.78 is 6.92. The van der Waals surface area contributed by atoms with Gasteiger partial charge in [-0.1, -0.05) is 30.3 Å². The molecule has 0 unspecified atom stereocenters. The Balaban J connectivity index is 1.95. The average molecular weight is 349 g/mol. The molecule has 2 heterocycles. The highest BCUT2D eigenvalue weighted by Gasteiger charge is 2.10. The Morgan fingerprint density at radius 1 is 0.920 bits per heavy atom. The van der Waals surface area contributed by atoms with Gasteiger partial charge >= 0.3 is 0 Å². The Morgan fingerprint density at radius 2 is 1.68 bits per heavy atom. The van der Waals surface area contributed by atoms with Gasteiger partial charge in [0, 0.05) is 0 Å². The van der Waals surface area contributed by atoms with Gasteiger partial charge < -0.3 is 4.42 Å². The third-order valence-corrected chi connectivity index (χ3v) is 4.01. The van der Waals surface area contributed by atoms with Gasteiger partial charge in [-0.25, -0.2) is 4.98 Å². The normalized spacial score (nSPS) is 11.4. The van der Waals surface area contributed by atoms with E-state index >= 15 is 0 Å². The molecular weight excluding hydrogens is 336 g/mol. The number of benzene rings is 2. The van der Waals surface area contributed by atoms with Crippen LogP contribution >= 0.6 is 11.6 Å². The molecule has 122 valence electrons. The van der Waals surface area contributed by atoms with Crippen LogP contribution in [-0.4, -0.2) is 9.55 Å². The molecule has 2 aromatic heterocycles. The Hall–Kier alpha value is -3.11. The largest absolute Gasteiger partial charge is 0.445 e. The van der Waals surface area contributed by atoms with E-state index in [1.54, 1.807) is 34.9 Å². The van der Waals surface area contributed by atoms with Crippen LogP contribution in [0.1, 0.15) is 11.6 Å². The summed E-state index contributed by atoms with van der Waals surface area (Å²) in [6, 6.07) is 20.2. The van der Waals surface area contributed by atoms with E-state index in [0.717, 1.165) is 5.69 Å². The van der Waals surface area contributed by atoms with Gasteiger partial charge in [-0.05, 0) is 60.2 Å². The lowest BCUT2D eigenvalue weighted by Gasteiger charge is -2.11. The van der Waals surface area contributed by atoms with Gasteiger partial charge in [0.25, 0.3) is 5.56 Å². The van der Waals surface area contributed by atoms with Crippen molar-refractivity contribution in [2.24, 2.45) is 0 Å². The van der Waals surface area contributed by atoms with E-state index in [2.05, 4.69) is 4.98 Å². The molecular formula is C20H13ClN2O2. The molecule has 0 atom stereocenters.